The highest BCUT2D eigenvalue weighted by atomic mass is 16.3. The van der Waals surface area contributed by atoms with Gasteiger partial charge in [-0.1, -0.05) is 48.9 Å². The van der Waals surface area contributed by atoms with Crippen molar-refractivity contribution in [3.63, 3.8) is 0 Å². The molecular weight excluding hydrogens is 386 g/mol. The van der Waals surface area contributed by atoms with Crippen molar-refractivity contribution in [2.24, 2.45) is 4.99 Å². The van der Waals surface area contributed by atoms with Crippen LogP contribution in [-0.4, -0.2) is 36.0 Å². The van der Waals surface area contributed by atoms with Crippen molar-refractivity contribution >= 4 is 5.96 Å². The predicted octanol–water partition coefficient (Wildman–Crippen LogP) is 4.19. The van der Waals surface area contributed by atoms with Gasteiger partial charge in [0, 0.05) is 25.7 Å². The van der Waals surface area contributed by atoms with E-state index in [1.807, 2.05) is 30.3 Å². The van der Waals surface area contributed by atoms with Crippen LogP contribution in [0.25, 0.3) is 11.5 Å². The van der Waals surface area contributed by atoms with Crippen LogP contribution >= 0.6 is 0 Å². The molecule has 0 unspecified atom stereocenters. The number of benzene rings is 2. The molecule has 0 bridgehead atoms. The second-order valence-electron chi connectivity index (χ2n) is 7.94. The highest BCUT2D eigenvalue weighted by Gasteiger charge is 2.10. The van der Waals surface area contributed by atoms with Gasteiger partial charge in [0.2, 0.25) is 5.89 Å². The molecule has 0 atom stereocenters. The minimum Gasteiger partial charge on any atom is -0.444 e. The molecule has 2 aromatic carbocycles. The molecule has 0 aliphatic carbocycles. The molecule has 1 saturated heterocycles. The smallest absolute Gasteiger partial charge is 0.226 e. The van der Waals surface area contributed by atoms with Crippen molar-refractivity contribution in [1.82, 2.24) is 20.5 Å². The van der Waals surface area contributed by atoms with Gasteiger partial charge in [0.25, 0.3) is 0 Å². The number of likely N-dealkylation sites (tertiary alicyclic amines) is 1. The molecule has 2 N–H and O–H groups in total. The molecule has 0 amide bonds. The van der Waals surface area contributed by atoms with Crippen molar-refractivity contribution in [1.29, 1.82) is 0 Å². The number of nitrogens with one attached hydrogen (secondary N) is 2. The molecule has 4 rings (SSSR count). The summed E-state index contributed by atoms with van der Waals surface area (Å²) in [5.74, 6) is 1.37. The number of piperidine rings is 1. The number of aliphatic imine (C=N–C) groups is 1. The molecule has 2 heterocycles. The first-order chi connectivity index (χ1) is 15.3. The van der Waals surface area contributed by atoms with Gasteiger partial charge in [-0.2, -0.15) is 0 Å². The van der Waals surface area contributed by atoms with Crippen LogP contribution in [0, 0.1) is 0 Å². The molecule has 162 valence electrons. The summed E-state index contributed by atoms with van der Waals surface area (Å²) in [6, 6.07) is 18.8. The fraction of sp³-hybridized carbons (Fsp3) is 0.360. The van der Waals surface area contributed by atoms with Gasteiger partial charge in [0.05, 0.1) is 12.2 Å². The van der Waals surface area contributed by atoms with E-state index in [0.29, 0.717) is 12.4 Å². The van der Waals surface area contributed by atoms with Gasteiger partial charge in [-0.15, -0.1) is 0 Å². The second kappa shape index (κ2) is 10.8. The van der Waals surface area contributed by atoms with Crippen molar-refractivity contribution in [3.05, 3.63) is 77.7 Å². The Balaban J connectivity index is 1.24. The lowest BCUT2D eigenvalue weighted by Crippen LogP contribution is -2.36. The number of oxazole rings is 1. The van der Waals surface area contributed by atoms with E-state index in [9.17, 15) is 0 Å². The van der Waals surface area contributed by atoms with Crippen LogP contribution in [-0.2, 0) is 19.6 Å². The molecule has 0 spiro atoms. The van der Waals surface area contributed by atoms with Gasteiger partial charge >= 0.3 is 0 Å². The molecular formula is C25H31N5O. The minimum absolute atomic E-state index is 0.546. The maximum absolute atomic E-state index is 5.60. The molecule has 1 aromatic heterocycles. The highest BCUT2D eigenvalue weighted by Crippen LogP contribution is 2.18. The Kier molecular flexibility index (Phi) is 7.34. The number of guanidine groups is 1. The number of hydrogen-bond acceptors (Lipinski definition) is 4. The van der Waals surface area contributed by atoms with Crippen LogP contribution < -0.4 is 10.6 Å². The van der Waals surface area contributed by atoms with Crippen LogP contribution in [0.3, 0.4) is 0 Å². The zero-order chi connectivity index (χ0) is 21.3. The fourth-order valence-electron chi connectivity index (χ4n) is 3.82. The molecule has 31 heavy (non-hydrogen) atoms. The first-order valence-electron chi connectivity index (χ1n) is 11.0. The van der Waals surface area contributed by atoms with Crippen LogP contribution in [0.1, 0.15) is 36.1 Å². The quantitative estimate of drug-likeness (QED) is 0.446. The zero-order valence-corrected chi connectivity index (χ0v) is 18.2. The van der Waals surface area contributed by atoms with Gasteiger partial charge in [0.1, 0.15) is 6.26 Å². The number of rotatable bonds is 7. The monoisotopic (exact) mass is 417 g/mol. The Morgan fingerprint density at radius 2 is 1.65 bits per heavy atom. The lowest BCUT2D eigenvalue weighted by molar-refractivity contribution is 0.221. The van der Waals surface area contributed by atoms with Gasteiger partial charge in [-0.05, 0) is 49.2 Å². The summed E-state index contributed by atoms with van der Waals surface area (Å²) in [6.45, 7) is 4.77. The zero-order valence-electron chi connectivity index (χ0n) is 18.2. The normalized spacial score (nSPS) is 15.1. The Morgan fingerprint density at radius 1 is 0.935 bits per heavy atom. The molecule has 1 aliphatic heterocycles. The third-order valence-electron chi connectivity index (χ3n) is 5.57. The third kappa shape index (κ3) is 6.18. The maximum Gasteiger partial charge on any atom is 0.226 e. The van der Waals surface area contributed by atoms with E-state index in [1.54, 1.807) is 13.3 Å². The summed E-state index contributed by atoms with van der Waals surface area (Å²) < 4.78 is 5.60. The Labute approximate surface area is 184 Å². The fourth-order valence-corrected chi connectivity index (χ4v) is 3.82. The van der Waals surface area contributed by atoms with Gasteiger partial charge in [-0.3, -0.25) is 9.89 Å². The number of hydrogen-bond donors (Lipinski definition) is 2. The summed E-state index contributed by atoms with van der Waals surface area (Å²) in [6.07, 6.45) is 5.72. The van der Waals surface area contributed by atoms with E-state index in [4.69, 9.17) is 4.42 Å². The molecule has 6 heteroatoms. The third-order valence-corrected chi connectivity index (χ3v) is 5.57. The van der Waals surface area contributed by atoms with Crippen LogP contribution in [0.2, 0.25) is 0 Å². The average Bonchev–Trinajstić information content (AvgIpc) is 3.31. The van der Waals surface area contributed by atoms with E-state index >= 15 is 0 Å². The average molecular weight is 418 g/mol. The van der Waals surface area contributed by atoms with Crippen LogP contribution in [0.15, 0.2) is 70.3 Å². The van der Waals surface area contributed by atoms with Gasteiger partial charge < -0.3 is 15.1 Å². The Morgan fingerprint density at radius 3 is 2.39 bits per heavy atom. The van der Waals surface area contributed by atoms with Crippen molar-refractivity contribution in [2.75, 3.05) is 20.1 Å². The predicted molar refractivity (Wildman–Crippen MR) is 125 cm³/mol. The van der Waals surface area contributed by atoms with E-state index in [1.165, 1.54) is 43.5 Å². The van der Waals surface area contributed by atoms with E-state index in [2.05, 4.69) is 49.8 Å². The SMILES string of the molecule is CN=C(NCc1ccc(CN2CCCCC2)cc1)NCc1coc(-c2ccccc2)n1. The summed E-state index contributed by atoms with van der Waals surface area (Å²) >= 11 is 0. The largest absolute Gasteiger partial charge is 0.444 e. The molecule has 1 aliphatic rings. The molecule has 1 fully saturated rings. The summed E-state index contributed by atoms with van der Waals surface area (Å²) in [5, 5.41) is 6.66. The highest BCUT2D eigenvalue weighted by molar-refractivity contribution is 5.79. The van der Waals surface area contributed by atoms with E-state index in [0.717, 1.165) is 30.3 Å². The molecule has 3 aromatic rings. The molecule has 0 saturated carbocycles. The standard InChI is InChI=1S/C25H31N5O/c1-26-25(28-17-23-19-31-24(29-23)22-8-4-2-5-9-22)27-16-20-10-12-21(13-11-20)18-30-14-6-3-7-15-30/h2,4-5,8-13,19H,3,6-7,14-18H2,1H3,(H2,26,27,28). The maximum atomic E-state index is 5.60. The Hall–Kier alpha value is -3.12. The first kappa shape index (κ1) is 21.1. The van der Waals surface area contributed by atoms with Crippen molar-refractivity contribution in [2.45, 2.75) is 38.9 Å². The minimum atomic E-state index is 0.546. The summed E-state index contributed by atoms with van der Waals surface area (Å²) in [7, 11) is 1.77. The molecule has 0 radical (unpaired) electrons. The lowest BCUT2D eigenvalue weighted by atomic mass is 10.1. The van der Waals surface area contributed by atoms with Gasteiger partial charge in [0.15, 0.2) is 5.96 Å². The second-order valence-corrected chi connectivity index (χ2v) is 7.94. The van der Waals surface area contributed by atoms with E-state index < -0.39 is 0 Å². The number of aromatic nitrogens is 1. The van der Waals surface area contributed by atoms with E-state index in [-0.39, 0.29) is 0 Å². The number of nitrogens with zero attached hydrogens (tertiary/aromatic N) is 3. The summed E-state index contributed by atoms with van der Waals surface area (Å²) in [4.78, 5) is 11.4. The van der Waals surface area contributed by atoms with Crippen molar-refractivity contribution in [3.8, 4) is 11.5 Å². The van der Waals surface area contributed by atoms with Crippen molar-refractivity contribution < 1.29 is 4.42 Å². The van der Waals surface area contributed by atoms with Gasteiger partial charge in [-0.25, -0.2) is 4.98 Å². The molecule has 6 nitrogen and oxygen atoms in total. The first-order valence-corrected chi connectivity index (χ1v) is 11.0. The topological polar surface area (TPSA) is 65.7 Å². The van der Waals surface area contributed by atoms with Crippen LogP contribution in [0.5, 0.6) is 0 Å². The summed E-state index contributed by atoms with van der Waals surface area (Å²) in [5.41, 5.74) is 4.43. The lowest BCUT2D eigenvalue weighted by Gasteiger charge is -2.26. The Bertz CT molecular complexity index is 959. The van der Waals surface area contributed by atoms with Crippen LogP contribution in [0.4, 0.5) is 0 Å².